The summed E-state index contributed by atoms with van der Waals surface area (Å²) < 4.78 is 0. The number of rotatable bonds is 2. The van der Waals surface area contributed by atoms with E-state index in [4.69, 9.17) is 5.21 Å². The van der Waals surface area contributed by atoms with E-state index in [1.807, 2.05) is 13.8 Å². The first-order valence-corrected chi connectivity index (χ1v) is 2.35. The van der Waals surface area contributed by atoms with E-state index in [0.717, 1.165) is 12.1 Å². The second-order valence-corrected chi connectivity index (χ2v) is 1.23. The summed E-state index contributed by atoms with van der Waals surface area (Å²) in [5.41, 5.74) is 0.736. The highest BCUT2D eigenvalue weighted by atomic mass is 16.4. The van der Waals surface area contributed by atoms with Crippen molar-refractivity contribution in [3.05, 3.63) is 6.42 Å². The Hall–Kier alpha value is -0.530. The summed E-state index contributed by atoms with van der Waals surface area (Å²) in [6, 6.07) is 0. The van der Waals surface area contributed by atoms with E-state index >= 15 is 0 Å². The van der Waals surface area contributed by atoms with Crippen LogP contribution in [-0.4, -0.2) is 10.9 Å². The summed E-state index contributed by atoms with van der Waals surface area (Å²) in [6.45, 7) is 3.79. The number of oxime groups is 1. The van der Waals surface area contributed by atoms with Crippen LogP contribution in [0.4, 0.5) is 0 Å². The van der Waals surface area contributed by atoms with Gasteiger partial charge >= 0.3 is 0 Å². The molecule has 0 unspecified atom stereocenters. The molecule has 1 radical (unpaired) electrons. The predicted octanol–water partition coefficient (Wildman–Crippen LogP) is 1.45. The van der Waals surface area contributed by atoms with Crippen molar-refractivity contribution in [2.75, 3.05) is 0 Å². The molecule has 1 N–H and O–H groups in total. The van der Waals surface area contributed by atoms with Crippen molar-refractivity contribution >= 4 is 5.71 Å². The maximum absolute atomic E-state index is 8.08. The van der Waals surface area contributed by atoms with Crippen LogP contribution < -0.4 is 0 Å². The largest absolute Gasteiger partial charge is 0.411 e. The summed E-state index contributed by atoms with van der Waals surface area (Å²) in [5.74, 6) is 0. The third kappa shape index (κ3) is 2.20. The standard InChI is InChI=1S/C5H10NO/c1-3-5(4-2)6-7/h3,7H,4H2,1-2H3/b6-5-. The summed E-state index contributed by atoms with van der Waals surface area (Å²) >= 11 is 0. The Morgan fingerprint density at radius 1 is 1.86 bits per heavy atom. The lowest BCUT2D eigenvalue weighted by atomic mass is 10.2. The molecule has 0 heterocycles. The van der Waals surface area contributed by atoms with Crippen molar-refractivity contribution in [3.8, 4) is 0 Å². The number of nitrogens with zero attached hydrogens (tertiary/aromatic N) is 1. The van der Waals surface area contributed by atoms with Crippen molar-refractivity contribution in [2.45, 2.75) is 20.3 Å². The molecule has 0 aliphatic heterocycles. The molecule has 0 aromatic rings. The van der Waals surface area contributed by atoms with Crippen molar-refractivity contribution in [2.24, 2.45) is 5.16 Å². The molecule has 0 bridgehead atoms. The first-order valence-electron chi connectivity index (χ1n) is 2.35. The summed E-state index contributed by atoms with van der Waals surface area (Å²) in [6.07, 6.45) is 2.58. The van der Waals surface area contributed by atoms with Crippen LogP contribution in [-0.2, 0) is 0 Å². The van der Waals surface area contributed by atoms with Crippen molar-refractivity contribution < 1.29 is 5.21 Å². The summed E-state index contributed by atoms with van der Waals surface area (Å²) in [7, 11) is 0. The van der Waals surface area contributed by atoms with Crippen LogP contribution in [0.25, 0.3) is 0 Å². The highest BCUT2D eigenvalue weighted by Crippen LogP contribution is 1.86. The van der Waals surface area contributed by atoms with Gasteiger partial charge in [-0.25, -0.2) is 0 Å². The average Bonchev–Trinajstić information content (AvgIpc) is 1.72. The molecule has 0 spiro atoms. The molecule has 0 rings (SSSR count). The van der Waals surface area contributed by atoms with Gasteiger partial charge in [0.15, 0.2) is 0 Å². The molecule has 0 saturated heterocycles. The molecule has 0 aliphatic carbocycles. The van der Waals surface area contributed by atoms with Crippen LogP contribution in [0.3, 0.4) is 0 Å². The van der Waals surface area contributed by atoms with Gasteiger partial charge in [0.1, 0.15) is 0 Å². The lowest BCUT2D eigenvalue weighted by Crippen LogP contribution is -1.91. The Labute approximate surface area is 43.8 Å². The van der Waals surface area contributed by atoms with Gasteiger partial charge in [-0.3, -0.25) is 0 Å². The minimum absolute atomic E-state index is 0.736. The van der Waals surface area contributed by atoms with Gasteiger partial charge in [-0.15, -0.1) is 0 Å². The maximum atomic E-state index is 8.08. The van der Waals surface area contributed by atoms with Crippen molar-refractivity contribution in [1.82, 2.24) is 0 Å². The van der Waals surface area contributed by atoms with Crippen molar-refractivity contribution in [1.29, 1.82) is 0 Å². The number of hydrogen-bond acceptors (Lipinski definition) is 2. The van der Waals surface area contributed by atoms with E-state index in [9.17, 15) is 0 Å². The molecule has 0 amide bonds. The fourth-order valence-electron chi connectivity index (χ4n) is 0.333. The Balaban J connectivity index is 3.38. The second-order valence-electron chi connectivity index (χ2n) is 1.23. The van der Waals surface area contributed by atoms with Crippen LogP contribution in [0.5, 0.6) is 0 Å². The zero-order valence-corrected chi connectivity index (χ0v) is 4.68. The second kappa shape index (κ2) is 3.65. The molecule has 0 aromatic carbocycles. The predicted molar refractivity (Wildman–Crippen MR) is 29.5 cm³/mol. The normalized spacial score (nSPS) is 12.0. The van der Waals surface area contributed by atoms with Gasteiger partial charge in [-0.1, -0.05) is 19.0 Å². The van der Waals surface area contributed by atoms with Gasteiger partial charge in [-0.2, -0.15) is 0 Å². The topological polar surface area (TPSA) is 32.6 Å². The molecule has 0 fully saturated rings. The van der Waals surface area contributed by atoms with Crippen LogP contribution in [0, 0.1) is 6.42 Å². The molecule has 41 valence electrons. The monoisotopic (exact) mass is 100 g/mol. The van der Waals surface area contributed by atoms with Crippen LogP contribution in [0.15, 0.2) is 5.16 Å². The molecule has 0 atom stereocenters. The molecule has 2 heteroatoms. The maximum Gasteiger partial charge on any atom is 0.0602 e. The molecular formula is C5H10NO. The lowest BCUT2D eigenvalue weighted by Gasteiger charge is -1.89. The molecule has 2 nitrogen and oxygen atoms in total. The van der Waals surface area contributed by atoms with Crippen LogP contribution in [0.2, 0.25) is 0 Å². The Morgan fingerprint density at radius 3 is 2.43 bits per heavy atom. The molecular weight excluding hydrogens is 90.1 g/mol. The highest BCUT2D eigenvalue weighted by molar-refractivity contribution is 5.90. The van der Waals surface area contributed by atoms with Gasteiger partial charge in [0.05, 0.1) is 5.71 Å². The fraction of sp³-hybridized carbons (Fsp3) is 0.600. The smallest absolute Gasteiger partial charge is 0.0602 e. The van der Waals surface area contributed by atoms with Crippen LogP contribution >= 0.6 is 0 Å². The van der Waals surface area contributed by atoms with E-state index in [-0.39, 0.29) is 0 Å². The SMILES string of the molecule is C[CH]/C(CC)=N/O. The first-order chi connectivity index (χ1) is 3.35. The molecule has 7 heavy (non-hydrogen) atoms. The van der Waals surface area contributed by atoms with Gasteiger partial charge in [-0.05, 0) is 6.42 Å². The Kier molecular flexibility index (Phi) is 3.38. The van der Waals surface area contributed by atoms with E-state index in [0.29, 0.717) is 0 Å². The zero-order chi connectivity index (χ0) is 5.70. The third-order valence-electron chi connectivity index (χ3n) is 0.824. The van der Waals surface area contributed by atoms with E-state index < -0.39 is 0 Å². The first kappa shape index (κ1) is 6.47. The lowest BCUT2D eigenvalue weighted by molar-refractivity contribution is 0.318. The van der Waals surface area contributed by atoms with Gasteiger partial charge in [0.2, 0.25) is 0 Å². The van der Waals surface area contributed by atoms with Gasteiger partial charge in [0.25, 0.3) is 0 Å². The van der Waals surface area contributed by atoms with E-state index in [1.165, 1.54) is 0 Å². The summed E-state index contributed by atoms with van der Waals surface area (Å²) in [5, 5.41) is 11.1. The number of hydrogen-bond donors (Lipinski definition) is 1. The quantitative estimate of drug-likeness (QED) is 0.318. The Bertz CT molecular complexity index is 62.5. The third-order valence-corrected chi connectivity index (χ3v) is 0.824. The van der Waals surface area contributed by atoms with Crippen molar-refractivity contribution in [3.63, 3.8) is 0 Å². The zero-order valence-electron chi connectivity index (χ0n) is 4.68. The van der Waals surface area contributed by atoms with E-state index in [2.05, 4.69) is 5.16 Å². The molecule has 0 saturated carbocycles. The van der Waals surface area contributed by atoms with Crippen LogP contribution in [0.1, 0.15) is 20.3 Å². The average molecular weight is 100 g/mol. The highest BCUT2D eigenvalue weighted by Gasteiger charge is 1.87. The van der Waals surface area contributed by atoms with E-state index in [1.54, 1.807) is 6.42 Å². The van der Waals surface area contributed by atoms with Gasteiger partial charge < -0.3 is 5.21 Å². The Morgan fingerprint density at radius 2 is 2.43 bits per heavy atom. The summed E-state index contributed by atoms with van der Waals surface area (Å²) in [4.78, 5) is 0. The minimum Gasteiger partial charge on any atom is -0.411 e. The molecule has 0 aromatic heterocycles. The molecule has 0 aliphatic rings. The fourth-order valence-corrected chi connectivity index (χ4v) is 0.333. The minimum atomic E-state index is 0.736. The van der Waals surface area contributed by atoms with Gasteiger partial charge in [0, 0.05) is 6.42 Å².